The third kappa shape index (κ3) is 4.80. The summed E-state index contributed by atoms with van der Waals surface area (Å²) in [5, 5.41) is 3.77. The van der Waals surface area contributed by atoms with Gasteiger partial charge in [-0.05, 0) is 29.8 Å². The number of hydrogen-bond donors (Lipinski definition) is 1. The highest BCUT2D eigenvalue weighted by atomic mass is 35.5. The Hall–Kier alpha value is -1.53. The van der Waals surface area contributed by atoms with E-state index in [4.69, 9.17) is 34.8 Å². The van der Waals surface area contributed by atoms with Crippen LogP contribution in [0, 0.1) is 5.82 Å². The standard InChI is InChI=1S/C18H17Cl3FN3O/c19-14-9-16(21)17(10-15(14)20)23-18(26)25-7-5-24(6-8-25)11-12-1-3-13(22)4-2-12/h1-4,9-10H,5-8,11H2,(H,23,26). The molecule has 0 spiro atoms. The number of benzene rings is 2. The average Bonchev–Trinajstić information content (AvgIpc) is 2.62. The maximum atomic E-state index is 13.0. The Morgan fingerprint density at radius 3 is 2.23 bits per heavy atom. The monoisotopic (exact) mass is 415 g/mol. The van der Waals surface area contributed by atoms with Gasteiger partial charge < -0.3 is 10.2 Å². The van der Waals surface area contributed by atoms with Crippen LogP contribution < -0.4 is 5.32 Å². The first-order chi connectivity index (χ1) is 12.4. The van der Waals surface area contributed by atoms with Crippen LogP contribution in [0.15, 0.2) is 36.4 Å². The van der Waals surface area contributed by atoms with Crippen LogP contribution >= 0.6 is 34.8 Å². The number of urea groups is 1. The molecule has 0 saturated carbocycles. The molecule has 3 rings (SSSR count). The summed E-state index contributed by atoms with van der Waals surface area (Å²) >= 11 is 18.0. The zero-order chi connectivity index (χ0) is 18.7. The Balaban J connectivity index is 1.53. The summed E-state index contributed by atoms with van der Waals surface area (Å²) in [5.41, 5.74) is 1.48. The van der Waals surface area contributed by atoms with E-state index in [0.717, 1.165) is 25.2 Å². The van der Waals surface area contributed by atoms with Crippen LogP contribution in [0.25, 0.3) is 0 Å². The smallest absolute Gasteiger partial charge is 0.321 e. The summed E-state index contributed by atoms with van der Waals surface area (Å²) in [4.78, 5) is 16.4. The van der Waals surface area contributed by atoms with Crippen LogP contribution in [0.5, 0.6) is 0 Å². The van der Waals surface area contributed by atoms with E-state index in [2.05, 4.69) is 10.2 Å². The normalized spacial score (nSPS) is 15.2. The van der Waals surface area contributed by atoms with Gasteiger partial charge >= 0.3 is 6.03 Å². The lowest BCUT2D eigenvalue weighted by atomic mass is 10.2. The van der Waals surface area contributed by atoms with Crippen LogP contribution in [-0.4, -0.2) is 42.0 Å². The molecule has 1 heterocycles. The van der Waals surface area contributed by atoms with E-state index in [1.165, 1.54) is 24.3 Å². The molecule has 2 amide bonds. The molecule has 8 heteroatoms. The number of rotatable bonds is 3. The van der Waals surface area contributed by atoms with Gasteiger partial charge in [-0.25, -0.2) is 9.18 Å². The molecule has 2 aromatic carbocycles. The van der Waals surface area contributed by atoms with Crippen LogP contribution in [0.2, 0.25) is 15.1 Å². The van der Waals surface area contributed by atoms with E-state index >= 15 is 0 Å². The molecule has 1 aliphatic heterocycles. The molecular weight excluding hydrogens is 400 g/mol. The van der Waals surface area contributed by atoms with Gasteiger partial charge in [-0.1, -0.05) is 46.9 Å². The summed E-state index contributed by atoms with van der Waals surface area (Å²) in [7, 11) is 0. The van der Waals surface area contributed by atoms with Crippen LogP contribution in [0.3, 0.4) is 0 Å². The first kappa shape index (κ1) is 19.2. The fourth-order valence-electron chi connectivity index (χ4n) is 2.77. The van der Waals surface area contributed by atoms with Crippen molar-refractivity contribution in [2.45, 2.75) is 6.54 Å². The van der Waals surface area contributed by atoms with Gasteiger partial charge in [0.1, 0.15) is 5.82 Å². The summed E-state index contributed by atoms with van der Waals surface area (Å²) < 4.78 is 13.0. The van der Waals surface area contributed by atoms with Crippen LogP contribution in [0.1, 0.15) is 5.56 Å². The minimum Gasteiger partial charge on any atom is -0.322 e. The predicted octanol–water partition coefficient (Wildman–Crippen LogP) is 5.14. The van der Waals surface area contributed by atoms with Gasteiger partial charge in [0.25, 0.3) is 0 Å². The molecule has 26 heavy (non-hydrogen) atoms. The van der Waals surface area contributed by atoms with Crippen molar-refractivity contribution in [1.82, 2.24) is 9.80 Å². The average molecular weight is 417 g/mol. The molecular formula is C18H17Cl3FN3O. The lowest BCUT2D eigenvalue weighted by Crippen LogP contribution is -2.49. The SMILES string of the molecule is O=C(Nc1cc(Cl)c(Cl)cc1Cl)N1CCN(Cc2ccc(F)cc2)CC1. The highest BCUT2D eigenvalue weighted by molar-refractivity contribution is 6.44. The molecule has 0 unspecified atom stereocenters. The zero-order valence-electron chi connectivity index (χ0n) is 13.8. The third-order valence-corrected chi connectivity index (χ3v) is 5.27. The Labute approximate surface area is 166 Å². The molecule has 0 radical (unpaired) electrons. The first-order valence-corrected chi connectivity index (χ1v) is 9.23. The van der Waals surface area contributed by atoms with Crippen LogP contribution in [0.4, 0.5) is 14.9 Å². The lowest BCUT2D eigenvalue weighted by molar-refractivity contribution is 0.143. The van der Waals surface area contributed by atoms with E-state index in [1.54, 1.807) is 17.0 Å². The number of nitrogens with one attached hydrogen (secondary N) is 1. The molecule has 1 saturated heterocycles. The number of piperazine rings is 1. The number of nitrogens with zero attached hydrogens (tertiary/aromatic N) is 2. The molecule has 138 valence electrons. The maximum Gasteiger partial charge on any atom is 0.321 e. The summed E-state index contributed by atoms with van der Waals surface area (Å²) in [6, 6.07) is 9.28. The van der Waals surface area contributed by atoms with Crippen molar-refractivity contribution in [3.63, 3.8) is 0 Å². The molecule has 4 nitrogen and oxygen atoms in total. The quantitative estimate of drug-likeness (QED) is 0.704. The van der Waals surface area contributed by atoms with Gasteiger partial charge in [0.2, 0.25) is 0 Å². The Kier molecular flexibility index (Phi) is 6.24. The minimum atomic E-state index is -0.240. The van der Waals surface area contributed by atoms with Crippen molar-refractivity contribution >= 4 is 46.5 Å². The number of hydrogen-bond acceptors (Lipinski definition) is 2. The number of anilines is 1. The minimum absolute atomic E-state index is 0.230. The largest absolute Gasteiger partial charge is 0.322 e. The van der Waals surface area contributed by atoms with Crippen molar-refractivity contribution in [3.8, 4) is 0 Å². The Morgan fingerprint density at radius 2 is 1.58 bits per heavy atom. The van der Waals surface area contributed by atoms with E-state index in [-0.39, 0.29) is 11.8 Å². The Morgan fingerprint density at radius 1 is 0.962 bits per heavy atom. The van der Waals surface area contributed by atoms with Gasteiger partial charge in [-0.3, -0.25) is 4.90 Å². The van der Waals surface area contributed by atoms with Gasteiger partial charge in [-0.15, -0.1) is 0 Å². The van der Waals surface area contributed by atoms with Crippen molar-refractivity contribution in [2.24, 2.45) is 0 Å². The molecule has 2 aromatic rings. The van der Waals surface area contributed by atoms with Gasteiger partial charge in [0, 0.05) is 32.7 Å². The molecule has 1 N–H and O–H groups in total. The molecule has 0 bridgehead atoms. The number of halogens is 4. The van der Waals surface area contributed by atoms with Crippen LogP contribution in [-0.2, 0) is 6.54 Å². The van der Waals surface area contributed by atoms with Crippen molar-refractivity contribution in [3.05, 3.63) is 62.8 Å². The molecule has 1 aliphatic rings. The van der Waals surface area contributed by atoms with E-state index in [1.807, 2.05) is 0 Å². The predicted molar refractivity (Wildman–Crippen MR) is 104 cm³/mol. The van der Waals surface area contributed by atoms with Crippen molar-refractivity contribution in [1.29, 1.82) is 0 Å². The number of amides is 2. The second-order valence-corrected chi connectivity index (χ2v) is 7.29. The number of carbonyl (C=O) groups is 1. The number of carbonyl (C=O) groups excluding carboxylic acids is 1. The van der Waals surface area contributed by atoms with Gasteiger partial charge in [0.05, 0.1) is 20.8 Å². The van der Waals surface area contributed by atoms with E-state index < -0.39 is 0 Å². The second-order valence-electron chi connectivity index (χ2n) is 6.07. The zero-order valence-corrected chi connectivity index (χ0v) is 16.1. The van der Waals surface area contributed by atoms with Gasteiger partial charge in [-0.2, -0.15) is 0 Å². The van der Waals surface area contributed by atoms with Gasteiger partial charge in [0.15, 0.2) is 0 Å². The summed E-state index contributed by atoms with van der Waals surface area (Å²) in [5.74, 6) is -0.240. The summed E-state index contributed by atoms with van der Waals surface area (Å²) in [6.45, 7) is 3.38. The fourth-order valence-corrected chi connectivity index (χ4v) is 3.36. The van der Waals surface area contributed by atoms with E-state index in [9.17, 15) is 9.18 Å². The summed E-state index contributed by atoms with van der Waals surface area (Å²) in [6.07, 6.45) is 0. The van der Waals surface area contributed by atoms with Crippen molar-refractivity contribution in [2.75, 3.05) is 31.5 Å². The second kappa shape index (κ2) is 8.44. The van der Waals surface area contributed by atoms with Crippen molar-refractivity contribution < 1.29 is 9.18 Å². The molecule has 0 aliphatic carbocycles. The first-order valence-electron chi connectivity index (χ1n) is 8.09. The third-order valence-electron chi connectivity index (χ3n) is 4.23. The molecule has 1 fully saturated rings. The molecule has 0 atom stereocenters. The maximum absolute atomic E-state index is 13.0. The molecule has 0 aromatic heterocycles. The highest BCUT2D eigenvalue weighted by Gasteiger charge is 2.22. The topological polar surface area (TPSA) is 35.6 Å². The fraction of sp³-hybridized carbons (Fsp3) is 0.278. The highest BCUT2D eigenvalue weighted by Crippen LogP contribution is 2.32. The Bertz CT molecular complexity index is 793. The van der Waals surface area contributed by atoms with E-state index in [0.29, 0.717) is 33.8 Å². The lowest BCUT2D eigenvalue weighted by Gasteiger charge is -2.34.